The highest BCUT2D eigenvalue weighted by molar-refractivity contribution is 7.13. The Kier molecular flexibility index (Phi) is 5.38. The average Bonchev–Trinajstić information content (AvgIpc) is 3.03. The largest absolute Gasteiger partial charge is 0.326 e. The molecule has 2 aromatic rings. The predicted molar refractivity (Wildman–Crippen MR) is 89.4 cm³/mol. The van der Waals surface area contributed by atoms with E-state index in [9.17, 15) is 4.39 Å². The van der Waals surface area contributed by atoms with E-state index >= 15 is 0 Å². The summed E-state index contributed by atoms with van der Waals surface area (Å²) < 4.78 is 13.9. The van der Waals surface area contributed by atoms with Crippen molar-refractivity contribution in [2.24, 2.45) is 11.7 Å². The third-order valence-corrected chi connectivity index (χ3v) is 4.87. The summed E-state index contributed by atoms with van der Waals surface area (Å²) >= 11 is 1.57. The van der Waals surface area contributed by atoms with Gasteiger partial charge in [-0.2, -0.15) is 0 Å². The van der Waals surface area contributed by atoms with Crippen molar-refractivity contribution in [3.63, 3.8) is 0 Å². The molecule has 1 aromatic heterocycles. The molecule has 1 aliphatic heterocycles. The molecule has 0 aliphatic carbocycles. The van der Waals surface area contributed by atoms with Crippen molar-refractivity contribution in [2.75, 3.05) is 13.1 Å². The molecule has 1 fully saturated rings. The molecule has 114 valence electrons. The lowest BCUT2D eigenvalue weighted by atomic mass is 10.1. The maximum absolute atomic E-state index is 13.9. The van der Waals surface area contributed by atoms with E-state index in [-0.39, 0.29) is 24.3 Å². The van der Waals surface area contributed by atoms with E-state index in [2.05, 4.69) is 11.8 Å². The number of nitrogens with zero attached hydrogens (tertiary/aromatic N) is 1. The van der Waals surface area contributed by atoms with Crippen LogP contribution in [0.15, 0.2) is 35.7 Å². The van der Waals surface area contributed by atoms with Gasteiger partial charge in [0.1, 0.15) is 5.82 Å². The minimum Gasteiger partial charge on any atom is -0.326 e. The van der Waals surface area contributed by atoms with Crippen LogP contribution < -0.4 is 5.73 Å². The Hall–Kier alpha value is -0.940. The van der Waals surface area contributed by atoms with Crippen LogP contribution in [0.25, 0.3) is 10.4 Å². The van der Waals surface area contributed by atoms with Crippen molar-refractivity contribution >= 4 is 23.7 Å². The maximum Gasteiger partial charge on any atom is 0.131 e. The number of nitrogens with two attached hydrogens (primary N) is 1. The quantitative estimate of drug-likeness (QED) is 0.930. The fraction of sp³-hybridized carbons (Fsp3) is 0.375. The zero-order valence-corrected chi connectivity index (χ0v) is 13.6. The van der Waals surface area contributed by atoms with Gasteiger partial charge in [0.05, 0.1) is 0 Å². The van der Waals surface area contributed by atoms with Crippen LogP contribution in [-0.2, 0) is 6.54 Å². The Morgan fingerprint density at radius 1 is 1.33 bits per heavy atom. The van der Waals surface area contributed by atoms with E-state index in [4.69, 9.17) is 5.73 Å². The van der Waals surface area contributed by atoms with Crippen molar-refractivity contribution in [3.8, 4) is 10.4 Å². The first-order valence-electron chi connectivity index (χ1n) is 6.93. The van der Waals surface area contributed by atoms with Crippen LogP contribution in [0.3, 0.4) is 0 Å². The summed E-state index contributed by atoms with van der Waals surface area (Å²) in [4.78, 5) is 3.33. The summed E-state index contributed by atoms with van der Waals surface area (Å²) in [5.41, 5.74) is 7.91. The summed E-state index contributed by atoms with van der Waals surface area (Å²) in [7, 11) is 0. The molecular formula is C16H20ClFN2S. The zero-order chi connectivity index (χ0) is 14.1. The topological polar surface area (TPSA) is 29.3 Å². The first kappa shape index (κ1) is 16.4. The molecule has 0 radical (unpaired) electrons. The van der Waals surface area contributed by atoms with Crippen LogP contribution in [0.1, 0.15) is 12.5 Å². The van der Waals surface area contributed by atoms with Gasteiger partial charge >= 0.3 is 0 Å². The molecule has 0 saturated carbocycles. The van der Waals surface area contributed by atoms with Crippen molar-refractivity contribution in [1.29, 1.82) is 0 Å². The predicted octanol–water partition coefficient (Wildman–Crippen LogP) is 3.76. The molecule has 0 spiro atoms. The van der Waals surface area contributed by atoms with Crippen LogP contribution in [0, 0.1) is 11.7 Å². The summed E-state index contributed by atoms with van der Waals surface area (Å²) in [5, 5.41) is 1.97. The smallest absolute Gasteiger partial charge is 0.131 e. The van der Waals surface area contributed by atoms with E-state index in [0.29, 0.717) is 11.5 Å². The molecule has 0 amide bonds. The highest BCUT2D eigenvalue weighted by Crippen LogP contribution is 2.29. The number of hydrogen-bond donors (Lipinski definition) is 1. The van der Waals surface area contributed by atoms with Crippen LogP contribution in [-0.4, -0.2) is 24.0 Å². The van der Waals surface area contributed by atoms with Crippen molar-refractivity contribution < 1.29 is 4.39 Å². The molecule has 3 rings (SSSR count). The molecule has 2 N–H and O–H groups in total. The van der Waals surface area contributed by atoms with Crippen LogP contribution >= 0.6 is 23.7 Å². The fourth-order valence-electron chi connectivity index (χ4n) is 2.77. The van der Waals surface area contributed by atoms with E-state index < -0.39 is 0 Å². The van der Waals surface area contributed by atoms with Gasteiger partial charge in [0.15, 0.2) is 0 Å². The Balaban J connectivity index is 0.00000161. The Labute approximate surface area is 135 Å². The van der Waals surface area contributed by atoms with E-state index in [1.807, 2.05) is 29.6 Å². The molecule has 2 heterocycles. The molecule has 5 heteroatoms. The van der Waals surface area contributed by atoms with Gasteiger partial charge in [-0.3, -0.25) is 4.90 Å². The second-order valence-corrected chi connectivity index (χ2v) is 6.57. The van der Waals surface area contributed by atoms with Crippen molar-refractivity contribution in [1.82, 2.24) is 4.90 Å². The molecule has 1 aliphatic rings. The van der Waals surface area contributed by atoms with Crippen LogP contribution in [0.4, 0.5) is 4.39 Å². The summed E-state index contributed by atoms with van der Waals surface area (Å²) in [6, 6.07) is 9.58. The monoisotopic (exact) mass is 326 g/mol. The number of halogens is 2. The number of likely N-dealkylation sites (tertiary alicyclic amines) is 1. The lowest BCUT2D eigenvalue weighted by Crippen LogP contribution is -2.28. The molecule has 1 aromatic carbocycles. The highest BCUT2D eigenvalue weighted by Gasteiger charge is 2.26. The van der Waals surface area contributed by atoms with Gasteiger partial charge in [-0.05, 0) is 35.1 Å². The van der Waals surface area contributed by atoms with Crippen LogP contribution in [0.5, 0.6) is 0 Å². The normalized spacial score (nSPS) is 22.2. The Morgan fingerprint density at radius 2 is 2.14 bits per heavy atom. The first-order valence-corrected chi connectivity index (χ1v) is 7.81. The lowest BCUT2D eigenvalue weighted by Gasteiger charge is -2.16. The van der Waals surface area contributed by atoms with Gasteiger partial charge in [-0.25, -0.2) is 4.39 Å². The lowest BCUT2D eigenvalue weighted by molar-refractivity contribution is 0.319. The number of hydrogen-bond acceptors (Lipinski definition) is 3. The molecule has 0 bridgehead atoms. The van der Waals surface area contributed by atoms with Gasteiger partial charge in [0, 0.05) is 36.1 Å². The number of thiophene rings is 1. The number of benzene rings is 1. The SMILES string of the molecule is CC1CN(Cc2ccc(F)c(-c3cccs3)c2)CC1N.Cl. The van der Waals surface area contributed by atoms with E-state index in [1.165, 1.54) is 0 Å². The van der Waals surface area contributed by atoms with Crippen molar-refractivity contribution in [2.45, 2.75) is 19.5 Å². The van der Waals surface area contributed by atoms with E-state index in [1.54, 1.807) is 17.4 Å². The minimum atomic E-state index is -0.150. The summed E-state index contributed by atoms with van der Waals surface area (Å²) in [6.45, 7) is 4.98. The molecule has 2 nitrogen and oxygen atoms in total. The van der Waals surface area contributed by atoms with Gasteiger partial charge in [-0.1, -0.05) is 19.1 Å². The number of rotatable bonds is 3. The van der Waals surface area contributed by atoms with Gasteiger partial charge in [0.25, 0.3) is 0 Å². The van der Waals surface area contributed by atoms with E-state index in [0.717, 1.165) is 30.1 Å². The zero-order valence-electron chi connectivity index (χ0n) is 12.0. The minimum absolute atomic E-state index is 0. The molecule has 2 atom stereocenters. The summed E-state index contributed by atoms with van der Waals surface area (Å²) in [5.74, 6) is 0.384. The second-order valence-electron chi connectivity index (χ2n) is 5.63. The van der Waals surface area contributed by atoms with Crippen LogP contribution in [0.2, 0.25) is 0 Å². The fourth-order valence-corrected chi connectivity index (χ4v) is 3.52. The molecular weight excluding hydrogens is 307 g/mol. The highest BCUT2D eigenvalue weighted by atomic mass is 35.5. The average molecular weight is 327 g/mol. The standard InChI is InChI=1S/C16H19FN2S.ClH/c1-11-8-19(10-15(11)18)9-12-4-5-14(17)13(7-12)16-3-2-6-20-16;/h2-7,11,15H,8-10,18H2,1H3;1H. The Bertz CT molecular complexity index is 578. The first-order chi connectivity index (χ1) is 9.63. The molecule has 2 unspecified atom stereocenters. The van der Waals surface area contributed by atoms with Gasteiger partial charge < -0.3 is 5.73 Å². The van der Waals surface area contributed by atoms with Gasteiger partial charge in [-0.15, -0.1) is 23.7 Å². The maximum atomic E-state index is 13.9. The third-order valence-electron chi connectivity index (χ3n) is 3.97. The molecule has 1 saturated heterocycles. The summed E-state index contributed by atoms with van der Waals surface area (Å²) in [6.07, 6.45) is 0. The van der Waals surface area contributed by atoms with Gasteiger partial charge in [0.2, 0.25) is 0 Å². The van der Waals surface area contributed by atoms with Crippen molar-refractivity contribution in [3.05, 3.63) is 47.1 Å². The second kappa shape index (κ2) is 6.88. The molecule has 21 heavy (non-hydrogen) atoms. The Morgan fingerprint density at radius 3 is 2.76 bits per heavy atom. The third kappa shape index (κ3) is 3.64.